The van der Waals surface area contributed by atoms with E-state index in [0.717, 1.165) is 49.2 Å². The number of hydrogen-bond acceptors (Lipinski definition) is 5. The average molecular weight is 402 g/mol. The van der Waals surface area contributed by atoms with Crippen molar-refractivity contribution in [1.82, 2.24) is 30.3 Å². The van der Waals surface area contributed by atoms with Crippen molar-refractivity contribution in [3.63, 3.8) is 0 Å². The van der Waals surface area contributed by atoms with Crippen molar-refractivity contribution >= 4 is 24.1 Å². The minimum atomic E-state index is -0.250. The molecule has 3 N–H and O–H groups in total. The van der Waals surface area contributed by atoms with E-state index in [0.29, 0.717) is 17.6 Å². The quantitative estimate of drug-likeness (QED) is 0.610. The number of pyridine rings is 1. The number of H-pyrrole nitrogens is 1. The molecule has 0 aromatic carbocycles. The Morgan fingerprint density at radius 3 is 2.86 bits per heavy atom. The highest BCUT2D eigenvalue weighted by atomic mass is 35.5. The lowest BCUT2D eigenvalue weighted by Crippen LogP contribution is -2.32. The van der Waals surface area contributed by atoms with Crippen LogP contribution in [-0.2, 0) is 6.42 Å². The molecule has 1 unspecified atom stereocenters. The van der Waals surface area contributed by atoms with Gasteiger partial charge in [-0.2, -0.15) is 10.2 Å². The first-order valence-corrected chi connectivity index (χ1v) is 9.31. The molecule has 28 heavy (non-hydrogen) atoms. The highest BCUT2D eigenvalue weighted by Gasteiger charge is 2.20. The molecule has 148 valence electrons. The number of rotatable bonds is 5. The molecule has 0 bridgehead atoms. The SMILES string of the molecule is CCc1c(NC(=O)c2ccn(C3CCCNC3)n2)n[nH]c1-c1ccncc1.Cl. The van der Waals surface area contributed by atoms with Crippen molar-refractivity contribution in [3.05, 3.63) is 48.0 Å². The molecule has 1 fully saturated rings. The number of aromatic amines is 1. The molecule has 4 rings (SSSR count). The number of piperidine rings is 1. The minimum absolute atomic E-state index is 0. The van der Waals surface area contributed by atoms with E-state index in [-0.39, 0.29) is 18.3 Å². The summed E-state index contributed by atoms with van der Waals surface area (Å²) in [4.78, 5) is 16.7. The molecule has 4 heterocycles. The number of anilines is 1. The highest BCUT2D eigenvalue weighted by molar-refractivity contribution is 6.03. The number of amides is 1. The van der Waals surface area contributed by atoms with Gasteiger partial charge in [0, 0.05) is 36.3 Å². The second kappa shape index (κ2) is 8.99. The number of carbonyl (C=O) groups excluding carboxylic acids is 1. The largest absolute Gasteiger partial charge is 0.315 e. The zero-order chi connectivity index (χ0) is 18.6. The Morgan fingerprint density at radius 2 is 2.14 bits per heavy atom. The molecular formula is C19H24ClN7O. The topological polar surface area (TPSA) is 101 Å². The normalized spacial score (nSPS) is 16.4. The maximum atomic E-state index is 12.7. The second-order valence-corrected chi connectivity index (χ2v) is 6.65. The van der Waals surface area contributed by atoms with Crippen molar-refractivity contribution in [2.24, 2.45) is 0 Å². The van der Waals surface area contributed by atoms with Gasteiger partial charge in [0.1, 0.15) is 0 Å². The predicted octanol–water partition coefficient (Wildman–Crippen LogP) is 2.83. The van der Waals surface area contributed by atoms with Crippen molar-refractivity contribution in [2.75, 3.05) is 18.4 Å². The predicted molar refractivity (Wildman–Crippen MR) is 110 cm³/mol. The Labute approximate surface area is 169 Å². The first-order valence-electron chi connectivity index (χ1n) is 9.31. The van der Waals surface area contributed by atoms with E-state index in [1.807, 2.05) is 29.9 Å². The summed E-state index contributed by atoms with van der Waals surface area (Å²) in [5, 5.41) is 18.1. The molecule has 8 nitrogen and oxygen atoms in total. The number of nitrogens with one attached hydrogen (secondary N) is 3. The van der Waals surface area contributed by atoms with Gasteiger partial charge in [-0.1, -0.05) is 6.92 Å². The summed E-state index contributed by atoms with van der Waals surface area (Å²) in [6, 6.07) is 5.89. The fourth-order valence-electron chi connectivity index (χ4n) is 3.46. The summed E-state index contributed by atoms with van der Waals surface area (Å²) < 4.78 is 1.88. The van der Waals surface area contributed by atoms with Gasteiger partial charge in [0.25, 0.3) is 5.91 Å². The Kier molecular flexibility index (Phi) is 6.43. The first kappa shape index (κ1) is 20.0. The molecular weight excluding hydrogens is 378 g/mol. The molecule has 0 spiro atoms. The zero-order valence-electron chi connectivity index (χ0n) is 15.7. The van der Waals surface area contributed by atoms with Crippen LogP contribution in [0.15, 0.2) is 36.8 Å². The molecule has 1 atom stereocenters. The number of aromatic nitrogens is 5. The zero-order valence-corrected chi connectivity index (χ0v) is 16.5. The van der Waals surface area contributed by atoms with E-state index in [2.05, 4.69) is 30.9 Å². The van der Waals surface area contributed by atoms with Crippen molar-refractivity contribution in [1.29, 1.82) is 0 Å². The van der Waals surface area contributed by atoms with Gasteiger partial charge in [-0.05, 0) is 44.0 Å². The summed E-state index contributed by atoms with van der Waals surface area (Å²) in [6.45, 7) is 3.97. The highest BCUT2D eigenvalue weighted by Crippen LogP contribution is 2.27. The molecule has 1 aliphatic rings. The van der Waals surface area contributed by atoms with Crippen LogP contribution in [0.2, 0.25) is 0 Å². The van der Waals surface area contributed by atoms with E-state index in [4.69, 9.17) is 0 Å². The fraction of sp³-hybridized carbons (Fsp3) is 0.368. The van der Waals surface area contributed by atoms with Gasteiger partial charge in [-0.15, -0.1) is 12.4 Å². The Morgan fingerprint density at radius 1 is 1.32 bits per heavy atom. The first-order chi connectivity index (χ1) is 13.3. The maximum absolute atomic E-state index is 12.7. The van der Waals surface area contributed by atoms with E-state index < -0.39 is 0 Å². The maximum Gasteiger partial charge on any atom is 0.277 e. The van der Waals surface area contributed by atoms with Crippen LogP contribution in [0.4, 0.5) is 5.82 Å². The molecule has 1 aliphatic heterocycles. The fourth-order valence-corrected chi connectivity index (χ4v) is 3.46. The van der Waals surface area contributed by atoms with Crippen LogP contribution in [0.1, 0.15) is 41.9 Å². The Bertz CT molecular complexity index is 916. The number of carbonyl (C=O) groups is 1. The second-order valence-electron chi connectivity index (χ2n) is 6.65. The monoisotopic (exact) mass is 401 g/mol. The minimum Gasteiger partial charge on any atom is -0.315 e. The smallest absolute Gasteiger partial charge is 0.277 e. The number of halogens is 1. The summed E-state index contributed by atoms with van der Waals surface area (Å²) in [6.07, 6.45) is 8.29. The standard InChI is InChI=1S/C19H23N7O.ClH/c1-2-15-17(13-5-9-20-10-6-13)23-24-18(15)22-19(27)16-7-11-26(25-16)14-4-3-8-21-12-14;/h5-7,9-11,14,21H,2-4,8,12H2,1H3,(H2,22,23,24,27);1H. The molecule has 3 aromatic rings. The van der Waals surface area contributed by atoms with Crippen LogP contribution < -0.4 is 10.6 Å². The van der Waals surface area contributed by atoms with E-state index >= 15 is 0 Å². The molecule has 9 heteroatoms. The van der Waals surface area contributed by atoms with Crippen molar-refractivity contribution in [3.8, 4) is 11.3 Å². The van der Waals surface area contributed by atoms with Gasteiger partial charge in [-0.3, -0.25) is 19.6 Å². The third-order valence-electron chi connectivity index (χ3n) is 4.91. The van der Waals surface area contributed by atoms with Crippen LogP contribution >= 0.6 is 12.4 Å². The summed E-state index contributed by atoms with van der Waals surface area (Å²) >= 11 is 0. The summed E-state index contributed by atoms with van der Waals surface area (Å²) in [7, 11) is 0. The summed E-state index contributed by atoms with van der Waals surface area (Å²) in [5.74, 6) is 0.295. The molecule has 1 amide bonds. The molecule has 0 aliphatic carbocycles. The van der Waals surface area contributed by atoms with Crippen LogP contribution in [0.3, 0.4) is 0 Å². The third-order valence-corrected chi connectivity index (χ3v) is 4.91. The molecule has 1 saturated heterocycles. The Balaban J connectivity index is 0.00000225. The van der Waals surface area contributed by atoms with Gasteiger partial charge in [0.2, 0.25) is 0 Å². The molecule has 0 saturated carbocycles. The van der Waals surface area contributed by atoms with Crippen LogP contribution in [0, 0.1) is 0 Å². The van der Waals surface area contributed by atoms with E-state index in [1.165, 1.54) is 0 Å². The lowest BCUT2D eigenvalue weighted by Gasteiger charge is -2.22. The van der Waals surface area contributed by atoms with Gasteiger partial charge >= 0.3 is 0 Å². The number of nitrogens with zero attached hydrogens (tertiary/aromatic N) is 4. The van der Waals surface area contributed by atoms with E-state index in [1.54, 1.807) is 18.5 Å². The molecule has 3 aromatic heterocycles. The van der Waals surface area contributed by atoms with Crippen LogP contribution in [-0.4, -0.2) is 44.0 Å². The number of hydrogen-bond donors (Lipinski definition) is 3. The lowest BCUT2D eigenvalue weighted by molar-refractivity contribution is 0.102. The van der Waals surface area contributed by atoms with Gasteiger partial charge in [-0.25, -0.2) is 0 Å². The Hall–Kier alpha value is -2.71. The molecule has 0 radical (unpaired) electrons. The average Bonchev–Trinajstić information content (AvgIpc) is 3.36. The summed E-state index contributed by atoms with van der Waals surface area (Å²) in [5.41, 5.74) is 3.25. The van der Waals surface area contributed by atoms with Gasteiger partial charge in [0.15, 0.2) is 11.5 Å². The van der Waals surface area contributed by atoms with Crippen LogP contribution in [0.25, 0.3) is 11.3 Å². The third kappa shape index (κ3) is 4.07. The van der Waals surface area contributed by atoms with E-state index in [9.17, 15) is 4.79 Å². The lowest BCUT2D eigenvalue weighted by atomic mass is 10.1. The van der Waals surface area contributed by atoms with Crippen molar-refractivity contribution < 1.29 is 4.79 Å². The van der Waals surface area contributed by atoms with Crippen molar-refractivity contribution in [2.45, 2.75) is 32.2 Å². The van der Waals surface area contributed by atoms with Crippen LogP contribution in [0.5, 0.6) is 0 Å². The van der Waals surface area contributed by atoms with Gasteiger partial charge in [0.05, 0.1) is 11.7 Å². The van der Waals surface area contributed by atoms with Gasteiger partial charge < -0.3 is 10.6 Å².